The van der Waals surface area contributed by atoms with E-state index in [4.69, 9.17) is 15.2 Å². The molecule has 0 bridgehead atoms. The summed E-state index contributed by atoms with van der Waals surface area (Å²) >= 11 is 0. The molecule has 1 atom stereocenters. The summed E-state index contributed by atoms with van der Waals surface area (Å²) in [6.45, 7) is 7.42. The zero-order valence-electron chi connectivity index (χ0n) is 20.8. The quantitative estimate of drug-likeness (QED) is 0.568. The second-order valence-corrected chi connectivity index (χ2v) is 9.39. The molecule has 7 heteroatoms. The number of anilines is 1. The number of rotatable bonds is 5. The zero-order chi connectivity index (χ0) is 25.0. The number of para-hydroxylation sites is 2. The number of ether oxygens (including phenoxy) is 2. The number of fused-ring (bicyclic) bond motifs is 1. The lowest BCUT2D eigenvalue weighted by Gasteiger charge is -2.46. The largest absolute Gasteiger partial charge is 0.487 e. The van der Waals surface area contributed by atoms with Crippen molar-refractivity contribution in [3.63, 3.8) is 0 Å². The minimum atomic E-state index is -0.455. The van der Waals surface area contributed by atoms with Gasteiger partial charge in [0, 0.05) is 37.9 Å². The van der Waals surface area contributed by atoms with E-state index in [0.29, 0.717) is 50.2 Å². The number of likely N-dealkylation sites (tertiary alicyclic amines) is 1. The van der Waals surface area contributed by atoms with Crippen LogP contribution in [0.4, 0.5) is 10.5 Å². The van der Waals surface area contributed by atoms with Gasteiger partial charge < -0.3 is 25.4 Å². The molecule has 7 nitrogen and oxygen atoms in total. The molecule has 1 fully saturated rings. The Kier molecular flexibility index (Phi) is 7.34. The molecule has 2 heterocycles. The van der Waals surface area contributed by atoms with Crippen LogP contribution in [0.2, 0.25) is 0 Å². The van der Waals surface area contributed by atoms with Crippen LogP contribution in [0.5, 0.6) is 5.75 Å². The fourth-order valence-electron chi connectivity index (χ4n) is 4.88. The first-order chi connectivity index (χ1) is 16.9. The molecule has 1 saturated heterocycles. The van der Waals surface area contributed by atoms with E-state index >= 15 is 0 Å². The van der Waals surface area contributed by atoms with Crippen LogP contribution >= 0.6 is 0 Å². The molecule has 2 aromatic rings. The average molecular weight is 478 g/mol. The van der Waals surface area contributed by atoms with Gasteiger partial charge in [-0.1, -0.05) is 48.9 Å². The van der Waals surface area contributed by atoms with E-state index in [1.165, 1.54) is 5.57 Å². The van der Waals surface area contributed by atoms with Crippen LogP contribution < -0.4 is 15.8 Å². The molecule has 2 aliphatic rings. The number of allylic oxidation sites excluding steroid dienone is 1. The van der Waals surface area contributed by atoms with Crippen molar-refractivity contribution in [1.29, 1.82) is 0 Å². The Hall–Kier alpha value is -3.48. The second kappa shape index (κ2) is 10.4. The summed E-state index contributed by atoms with van der Waals surface area (Å²) in [6.07, 6.45) is 4.63. The number of carbonyl (C=O) groups excluding carboxylic acids is 2. The molecule has 0 saturated carbocycles. The van der Waals surface area contributed by atoms with Gasteiger partial charge in [0.05, 0.1) is 23.9 Å². The predicted octanol–water partition coefficient (Wildman–Crippen LogP) is 5.33. The number of carbonyl (C=O) groups is 2. The fraction of sp³-hybridized carbons (Fsp3) is 0.429. The van der Waals surface area contributed by atoms with Gasteiger partial charge in [-0.2, -0.15) is 0 Å². The van der Waals surface area contributed by atoms with Crippen LogP contribution in [0, 0.1) is 0 Å². The second-order valence-electron chi connectivity index (χ2n) is 9.39. The number of piperidine rings is 1. The lowest BCUT2D eigenvalue weighted by Crippen LogP contribution is -2.53. The van der Waals surface area contributed by atoms with Crippen LogP contribution in [0.25, 0.3) is 6.08 Å². The van der Waals surface area contributed by atoms with Crippen molar-refractivity contribution in [2.45, 2.75) is 58.1 Å². The summed E-state index contributed by atoms with van der Waals surface area (Å²) < 4.78 is 11.7. The van der Waals surface area contributed by atoms with Crippen molar-refractivity contribution < 1.29 is 19.1 Å². The number of nitrogens with two attached hydrogens (primary N) is 1. The molecule has 1 unspecified atom stereocenters. The highest BCUT2D eigenvalue weighted by molar-refractivity contribution is 6.01. The smallest absolute Gasteiger partial charge is 0.409 e. The number of nitrogens with one attached hydrogen (secondary N) is 1. The molecule has 2 amide bonds. The third-order valence-corrected chi connectivity index (χ3v) is 7.05. The van der Waals surface area contributed by atoms with Gasteiger partial charge in [-0.15, -0.1) is 0 Å². The Bertz CT molecular complexity index is 1120. The van der Waals surface area contributed by atoms with E-state index in [2.05, 4.69) is 19.2 Å². The maximum absolute atomic E-state index is 13.4. The Labute approximate surface area is 207 Å². The molecule has 0 radical (unpaired) electrons. The molecule has 0 aliphatic carbocycles. The molecule has 2 aliphatic heterocycles. The van der Waals surface area contributed by atoms with Gasteiger partial charge in [-0.25, -0.2) is 4.79 Å². The minimum Gasteiger partial charge on any atom is -0.487 e. The summed E-state index contributed by atoms with van der Waals surface area (Å²) in [5, 5.41) is 3.23. The number of nitrogen functional groups attached to an aromatic ring is 1. The molecular weight excluding hydrogens is 442 g/mol. The SMILES string of the molecule is CCOC(=O)N1CCC2(CC1)CC(NC(=O)c1cccc(C=C(C)CC)c1N)c1ccccc1O2. The van der Waals surface area contributed by atoms with Crippen LogP contribution in [-0.4, -0.2) is 42.2 Å². The highest BCUT2D eigenvalue weighted by atomic mass is 16.6. The molecule has 0 aromatic heterocycles. The highest BCUT2D eigenvalue weighted by Crippen LogP contribution is 2.44. The Morgan fingerprint density at radius 2 is 1.91 bits per heavy atom. The van der Waals surface area contributed by atoms with E-state index < -0.39 is 5.60 Å². The Morgan fingerprint density at radius 1 is 1.17 bits per heavy atom. The fourth-order valence-corrected chi connectivity index (χ4v) is 4.88. The van der Waals surface area contributed by atoms with Gasteiger partial charge in [-0.05, 0) is 38.0 Å². The number of nitrogens with zero attached hydrogens (tertiary/aromatic N) is 1. The number of amides is 2. The van der Waals surface area contributed by atoms with Crippen LogP contribution in [0.1, 0.15) is 74.0 Å². The molecule has 2 aromatic carbocycles. The first kappa shape index (κ1) is 24.6. The van der Waals surface area contributed by atoms with E-state index in [0.717, 1.165) is 23.3 Å². The van der Waals surface area contributed by atoms with E-state index in [1.54, 1.807) is 11.0 Å². The summed E-state index contributed by atoms with van der Waals surface area (Å²) in [5.41, 5.74) is 9.92. The topological polar surface area (TPSA) is 93.9 Å². The van der Waals surface area contributed by atoms with Crippen LogP contribution in [-0.2, 0) is 4.74 Å². The van der Waals surface area contributed by atoms with Gasteiger partial charge >= 0.3 is 6.09 Å². The van der Waals surface area contributed by atoms with Crippen molar-refractivity contribution in [2.75, 3.05) is 25.4 Å². The molecule has 1 spiro atoms. The van der Waals surface area contributed by atoms with Gasteiger partial charge in [0.25, 0.3) is 5.91 Å². The van der Waals surface area contributed by atoms with E-state index in [-0.39, 0.29) is 18.0 Å². The normalized spacial score (nSPS) is 19.0. The Morgan fingerprint density at radius 3 is 2.63 bits per heavy atom. The first-order valence-electron chi connectivity index (χ1n) is 12.4. The monoisotopic (exact) mass is 477 g/mol. The standard InChI is InChI=1S/C28H35N3O4/c1-4-19(3)17-20-9-8-11-22(25(20)29)26(32)30-23-18-28(35-24-12-7-6-10-21(23)24)13-15-31(16-14-28)27(33)34-5-2/h6-12,17,23H,4-5,13-16,18,29H2,1-3H3,(H,30,32). The summed E-state index contributed by atoms with van der Waals surface area (Å²) in [5.74, 6) is 0.574. The third-order valence-electron chi connectivity index (χ3n) is 7.05. The van der Waals surface area contributed by atoms with Gasteiger partial charge in [0.1, 0.15) is 11.4 Å². The van der Waals surface area contributed by atoms with E-state index in [1.807, 2.05) is 49.4 Å². The summed E-state index contributed by atoms with van der Waals surface area (Å²) in [4.78, 5) is 27.3. The number of hydrogen-bond donors (Lipinski definition) is 2. The van der Waals surface area contributed by atoms with Gasteiger partial charge in [0.15, 0.2) is 0 Å². The predicted molar refractivity (Wildman–Crippen MR) is 137 cm³/mol. The third kappa shape index (κ3) is 5.29. The van der Waals surface area contributed by atoms with Crippen molar-refractivity contribution in [3.8, 4) is 5.75 Å². The summed E-state index contributed by atoms with van der Waals surface area (Å²) in [6, 6.07) is 13.2. The number of hydrogen-bond acceptors (Lipinski definition) is 5. The van der Waals surface area contributed by atoms with Crippen molar-refractivity contribution in [3.05, 3.63) is 64.7 Å². The first-order valence-corrected chi connectivity index (χ1v) is 12.4. The molecule has 186 valence electrons. The van der Waals surface area contributed by atoms with Crippen molar-refractivity contribution >= 4 is 23.8 Å². The molecule has 3 N–H and O–H groups in total. The molecule has 35 heavy (non-hydrogen) atoms. The summed E-state index contributed by atoms with van der Waals surface area (Å²) in [7, 11) is 0. The number of benzene rings is 2. The zero-order valence-corrected chi connectivity index (χ0v) is 20.8. The lowest BCUT2D eigenvalue weighted by molar-refractivity contribution is -0.0233. The lowest BCUT2D eigenvalue weighted by atomic mass is 9.80. The van der Waals surface area contributed by atoms with Gasteiger partial charge in [-0.3, -0.25) is 4.79 Å². The maximum Gasteiger partial charge on any atom is 0.409 e. The van der Waals surface area contributed by atoms with Gasteiger partial charge in [0.2, 0.25) is 0 Å². The van der Waals surface area contributed by atoms with Crippen molar-refractivity contribution in [2.24, 2.45) is 0 Å². The van der Waals surface area contributed by atoms with Crippen LogP contribution in [0.15, 0.2) is 48.0 Å². The van der Waals surface area contributed by atoms with E-state index in [9.17, 15) is 9.59 Å². The molecular formula is C28H35N3O4. The Balaban J connectivity index is 1.56. The van der Waals surface area contributed by atoms with Crippen molar-refractivity contribution in [1.82, 2.24) is 10.2 Å². The van der Waals surface area contributed by atoms with Crippen LogP contribution in [0.3, 0.4) is 0 Å². The maximum atomic E-state index is 13.4. The minimum absolute atomic E-state index is 0.201. The molecule has 4 rings (SSSR count). The average Bonchev–Trinajstić information content (AvgIpc) is 2.85. The highest BCUT2D eigenvalue weighted by Gasteiger charge is 2.44.